The summed E-state index contributed by atoms with van der Waals surface area (Å²) in [4.78, 5) is 14.4. The number of fused-ring (bicyclic) bond motifs is 1. The molecule has 0 spiro atoms. The molecule has 7 nitrogen and oxygen atoms in total. The summed E-state index contributed by atoms with van der Waals surface area (Å²) < 4.78 is 5.04. The molecule has 0 saturated heterocycles. The summed E-state index contributed by atoms with van der Waals surface area (Å²) in [6, 6.07) is 0.506. The van der Waals surface area contributed by atoms with Gasteiger partial charge in [-0.25, -0.2) is 9.97 Å². The van der Waals surface area contributed by atoms with Gasteiger partial charge in [0.05, 0.1) is 7.11 Å². The van der Waals surface area contributed by atoms with E-state index in [1.165, 1.54) is 0 Å². The molecule has 2 rings (SSSR count). The van der Waals surface area contributed by atoms with Gasteiger partial charge in [0.25, 0.3) is 0 Å². The Kier molecular flexibility index (Phi) is 3.27. The minimum Gasteiger partial charge on any atom is -0.446 e. The Morgan fingerprint density at radius 2 is 2.29 bits per heavy atom. The van der Waals surface area contributed by atoms with E-state index < -0.39 is 0 Å². The van der Waals surface area contributed by atoms with Crippen molar-refractivity contribution >= 4 is 22.9 Å². The molecule has 0 amide bonds. The number of rotatable bonds is 5. The van der Waals surface area contributed by atoms with Crippen molar-refractivity contribution in [3.63, 3.8) is 0 Å². The highest BCUT2D eigenvalue weighted by Gasteiger charge is 2.17. The van der Waals surface area contributed by atoms with Crippen LogP contribution in [0.2, 0.25) is 0 Å². The van der Waals surface area contributed by atoms with E-state index in [-0.39, 0.29) is 0 Å². The van der Waals surface area contributed by atoms with Crippen LogP contribution < -0.4 is 20.8 Å². The van der Waals surface area contributed by atoms with Crippen molar-refractivity contribution in [2.75, 3.05) is 24.7 Å². The highest BCUT2D eigenvalue weighted by molar-refractivity contribution is 5.80. The number of aromatic nitrogens is 4. The molecule has 5 N–H and O–H groups in total. The molecular weight excluding hydrogens is 220 g/mol. The van der Waals surface area contributed by atoms with Crippen LogP contribution in [0, 0.1) is 0 Å². The second kappa shape index (κ2) is 4.86. The molecule has 0 bridgehead atoms. The van der Waals surface area contributed by atoms with Crippen LogP contribution >= 0.6 is 0 Å². The monoisotopic (exact) mass is 237 g/mol. The van der Waals surface area contributed by atoms with Crippen LogP contribution in [0.3, 0.4) is 0 Å². The largest absolute Gasteiger partial charge is 0.446 e. The van der Waals surface area contributed by atoms with Crippen molar-refractivity contribution in [3.8, 4) is 6.01 Å². The first-order chi connectivity index (χ1) is 8.24. The second-order valence-electron chi connectivity index (χ2n) is 3.72. The Bertz CT molecular complexity index is 509. The smallest absolute Gasteiger partial charge is 0.395 e. The quantitative estimate of drug-likeness (QED) is 0.660. The van der Waals surface area contributed by atoms with E-state index in [0.717, 1.165) is 19.4 Å². The van der Waals surface area contributed by atoms with Gasteiger partial charge >= 0.3 is 17.6 Å². The number of imidazole rings is 1. The number of nitrogens with two attached hydrogens (primary N) is 1. The van der Waals surface area contributed by atoms with Gasteiger partial charge in [0.2, 0.25) is 5.52 Å². The summed E-state index contributed by atoms with van der Waals surface area (Å²) in [6.45, 7) is 2.97. The predicted molar refractivity (Wildman–Crippen MR) is 64.8 cm³/mol. The molecule has 0 aliphatic carbocycles. The van der Waals surface area contributed by atoms with Crippen LogP contribution in [0.15, 0.2) is 0 Å². The minimum atomic E-state index is 0.397. The first-order valence-corrected chi connectivity index (χ1v) is 5.61. The molecule has 0 radical (unpaired) electrons. The lowest BCUT2D eigenvalue weighted by Gasteiger charge is -2.00. The fourth-order valence-electron chi connectivity index (χ4n) is 1.50. The molecule has 2 aromatic heterocycles. The fraction of sp³-hybridized carbons (Fsp3) is 0.500. The number of H-pyrrole nitrogens is 2. The van der Waals surface area contributed by atoms with Gasteiger partial charge < -0.3 is 15.8 Å². The predicted octanol–water partition coefficient (Wildman–Crippen LogP) is 0.575. The molecule has 0 unspecified atom stereocenters. The van der Waals surface area contributed by atoms with Crippen LogP contribution in [0.1, 0.15) is 19.8 Å². The minimum absolute atomic E-state index is 0.397. The number of nitrogens with one attached hydrogen (secondary N) is 3. The first-order valence-electron chi connectivity index (χ1n) is 5.61. The number of unbranched alkanes of at least 4 members (excludes halogenated alkanes) is 1. The van der Waals surface area contributed by atoms with E-state index in [1.807, 2.05) is 0 Å². The number of hydrogen-bond donors (Lipinski definition) is 3. The standard InChI is InChI=1S/C10H16N6O/c1-3-4-5-12-9-14-7(11)6-8(15-9)16-10(13-6)17-2/h3-5H2,1-2H3,(H4,11,12,13,14,15,16)/p+1. The third-order valence-corrected chi connectivity index (χ3v) is 2.43. The molecule has 17 heavy (non-hydrogen) atoms. The zero-order chi connectivity index (χ0) is 12.3. The van der Waals surface area contributed by atoms with Gasteiger partial charge in [-0.2, -0.15) is 4.98 Å². The van der Waals surface area contributed by atoms with Crippen LogP contribution in [-0.2, 0) is 0 Å². The number of nitrogen functional groups attached to an aromatic ring is 1. The van der Waals surface area contributed by atoms with Gasteiger partial charge in [-0.15, -0.1) is 0 Å². The van der Waals surface area contributed by atoms with E-state index in [4.69, 9.17) is 10.5 Å². The molecule has 0 atom stereocenters. The summed E-state index contributed by atoms with van der Waals surface area (Å²) in [5.41, 5.74) is 7.12. The average molecular weight is 237 g/mol. The number of methoxy groups -OCH3 is 1. The summed E-state index contributed by atoms with van der Waals surface area (Å²) in [5.74, 6) is 0.926. The molecule has 0 aromatic carbocycles. The summed E-state index contributed by atoms with van der Waals surface area (Å²) >= 11 is 0. The fourth-order valence-corrected chi connectivity index (χ4v) is 1.50. The molecule has 92 valence electrons. The second-order valence-corrected chi connectivity index (χ2v) is 3.72. The lowest BCUT2D eigenvalue weighted by atomic mass is 10.3. The van der Waals surface area contributed by atoms with Crippen molar-refractivity contribution in [2.24, 2.45) is 0 Å². The van der Waals surface area contributed by atoms with Crippen LogP contribution in [0.5, 0.6) is 6.01 Å². The van der Waals surface area contributed by atoms with Crippen molar-refractivity contribution < 1.29 is 9.72 Å². The van der Waals surface area contributed by atoms with E-state index in [2.05, 4.69) is 32.2 Å². The topological polar surface area (TPSA) is 103 Å². The Hall–Kier alpha value is -2.05. The van der Waals surface area contributed by atoms with Gasteiger partial charge in [0.1, 0.15) is 0 Å². The maximum atomic E-state index is 5.83. The van der Waals surface area contributed by atoms with Crippen molar-refractivity contribution in [3.05, 3.63) is 0 Å². The SMILES string of the molecule is CCCCNc1nc(N)c2[nH]c(OC)[nH+]c2n1. The first kappa shape index (κ1) is 11.4. The number of nitrogens with zero attached hydrogens (tertiary/aromatic N) is 2. The molecule has 0 saturated carbocycles. The van der Waals surface area contributed by atoms with E-state index in [9.17, 15) is 0 Å². The van der Waals surface area contributed by atoms with Gasteiger partial charge in [-0.1, -0.05) is 18.3 Å². The Labute approximate surface area is 98.8 Å². The lowest BCUT2D eigenvalue weighted by molar-refractivity contribution is -0.364. The normalized spacial score (nSPS) is 10.7. The maximum Gasteiger partial charge on any atom is 0.395 e. The van der Waals surface area contributed by atoms with Gasteiger partial charge in [0, 0.05) is 6.54 Å². The van der Waals surface area contributed by atoms with Crippen molar-refractivity contribution in [2.45, 2.75) is 19.8 Å². The number of hydrogen-bond acceptors (Lipinski definition) is 5. The molecular formula is C10H17N6O+. The number of aromatic amines is 2. The van der Waals surface area contributed by atoms with E-state index >= 15 is 0 Å². The van der Waals surface area contributed by atoms with E-state index in [0.29, 0.717) is 28.9 Å². The zero-order valence-corrected chi connectivity index (χ0v) is 10.0. The average Bonchev–Trinajstić information content (AvgIpc) is 2.73. The number of anilines is 2. The molecule has 0 aliphatic heterocycles. The molecule has 0 fully saturated rings. The van der Waals surface area contributed by atoms with Crippen LogP contribution in [0.4, 0.5) is 11.8 Å². The number of ether oxygens (including phenoxy) is 1. The van der Waals surface area contributed by atoms with E-state index in [1.54, 1.807) is 7.11 Å². The third-order valence-electron chi connectivity index (χ3n) is 2.43. The summed E-state index contributed by atoms with van der Waals surface area (Å²) in [7, 11) is 1.56. The Balaban J connectivity index is 2.27. The van der Waals surface area contributed by atoms with Gasteiger partial charge in [-0.3, -0.25) is 0 Å². The summed E-state index contributed by atoms with van der Waals surface area (Å²) in [5, 5.41) is 3.13. The highest BCUT2D eigenvalue weighted by Crippen LogP contribution is 2.16. The molecule has 2 heterocycles. The Morgan fingerprint density at radius 3 is 3.00 bits per heavy atom. The van der Waals surface area contributed by atoms with Gasteiger partial charge in [-0.05, 0) is 6.42 Å². The molecule has 2 aromatic rings. The van der Waals surface area contributed by atoms with Crippen LogP contribution in [0.25, 0.3) is 11.2 Å². The summed E-state index contributed by atoms with van der Waals surface area (Å²) in [6.07, 6.45) is 2.19. The van der Waals surface area contributed by atoms with Gasteiger partial charge in [0.15, 0.2) is 5.82 Å². The van der Waals surface area contributed by atoms with Crippen LogP contribution in [-0.4, -0.2) is 28.6 Å². The lowest BCUT2D eigenvalue weighted by Crippen LogP contribution is -2.10. The highest BCUT2D eigenvalue weighted by atomic mass is 16.5. The zero-order valence-electron chi connectivity index (χ0n) is 10.0. The third kappa shape index (κ3) is 2.38. The van der Waals surface area contributed by atoms with Crippen molar-refractivity contribution in [1.29, 1.82) is 0 Å². The Morgan fingerprint density at radius 1 is 1.47 bits per heavy atom. The molecule has 7 heteroatoms. The van der Waals surface area contributed by atoms with Crippen molar-refractivity contribution in [1.82, 2.24) is 15.0 Å². The maximum absolute atomic E-state index is 5.83. The molecule has 0 aliphatic rings.